The van der Waals surface area contributed by atoms with Crippen LogP contribution in [-0.2, 0) is 10.8 Å². The molecule has 0 radical (unpaired) electrons. The first-order chi connectivity index (χ1) is 7.77. The Labute approximate surface area is 111 Å². The van der Waals surface area contributed by atoms with Gasteiger partial charge in [0, 0.05) is 17.8 Å². The summed E-state index contributed by atoms with van der Waals surface area (Å²) in [6, 6.07) is 9.00. The lowest BCUT2D eigenvalue weighted by Crippen LogP contribution is -2.32. The van der Waals surface area contributed by atoms with Crippen molar-refractivity contribution in [2.45, 2.75) is 45.4 Å². The van der Waals surface area contributed by atoms with Gasteiger partial charge < -0.3 is 5.32 Å². The van der Waals surface area contributed by atoms with Crippen LogP contribution in [0.25, 0.3) is 0 Å². The van der Waals surface area contributed by atoms with Crippen LogP contribution in [0.4, 0.5) is 0 Å². The Kier molecular flexibility index (Phi) is 4.68. The summed E-state index contributed by atoms with van der Waals surface area (Å²) in [4.78, 5) is 0. The van der Waals surface area contributed by atoms with Crippen LogP contribution < -0.4 is 5.32 Å². The van der Waals surface area contributed by atoms with Gasteiger partial charge in [-0.25, -0.2) is 0 Å². The lowest BCUT2D eigenvalue weighted by atomic mass is 9.81. The average molecular weight is 251 g/mol. The normalized spacial score (nSPS) is 12.8. The lowest BCUT2D eigenvalue weighted by Gasteiger charge is -2.27. The minimum absolute atomic E-state index is 0.152. The first kappa shape index (κ1) is 14.6. The van der Waals surface area contributed by atoms with Gasteiger partial charge in [0.15, 0.2) is 0 Å². The van der Waals surface area contributed by atoms with Crippen LogP contribution in [-0.4, -0.2) is 12.4 Å². The van der Waals surface area contributed by atoms with Gasteiger partial charge in [-0.1, -0.05) is 58.9 Å². The highest BCUT2D eigenvalue weighted by Crippen LogP contribution is 2.27. The second-order valence-electron chi connectivity index (χ2n) is 6.30. The monoisotopic (exact) mass is 251 g/mol. The van der Waals surface area contributed by atoms with Gasteiger partial charge in [0.25, 0.3) is 0 Å². The van der Waals surface area contributed by atoms with Gasteiger partial charge in [-0.15, -0.1) is 0 Å². The van der Waals surface area contributed by atoms with E-state index in [-0.39, 0.29) is 10.8 Å². The zero-order valence-electron chi connectivity index (χ0n) is 11.7. The van der Waals surface area contributed by atoms with Crippen molar-refractivity contribution in [2.75, 3.05) is 12.4 Å². The number of rotatable bonds is 4. The molecule has 0 unspecified atom stereocenters. The van der Waals surface area contributed by atoms with Gasteiger partial charge in [-0.2, -0.15) is 12.6 Å². The highest BCUT2D eigenvalue weighted by molar-refractivity contribution is 7.80. The predicted molar refractivity (Wildman–Crippen MR) is 80.0 cm³/mol. The molecule has 0 spiro atoms. The lowest BCUT2D eigenvalue weighted by molar-refractivity contribution is 0.489. The molecule has 17 heavy (non-hydrogen) atoms. The highest BCUT2D eigenvalue weighted by Gasteiger charge is 2.21. The Morgan fingerprint density at radius 1 is 0.941 bits per heavy atom. The van der Waals surface area contributed by atoms with Gasteiger partial charge in [0.2, 0.25) is 0 Å². The van der Waals surface area contributed by atoms with Crippen molar-refractivity contribution < 1.29 is 0 Å². The SMILES string of the molecule is CC(C)(C)c1ccc(C(C)(C)CNCS)cc1. The molecule has 1 aromatic rings. The van der Waals surface area contributed by atoms with E-state index in [0.717, 1.165) is 12.4 Å². The van der Waals surface area contributed by atoms with Crippen molar-refractivity contribution in [3.05, 3.63) is 35.4 Å². The molecule has 0 aromatic heterocycles. The Morgan fingerprint density at radius 3 is 1.82 bits per heavy atom. The van der Waals surface area contributed by atoms with E-state index in [1.807, 2.05) is 0 Å². The first-order valence-corrected chi connectivity index (χ1v) is 6.83. The maximum absolute atomic E-state index is 4.19. The second kappa shape index (κ2) is 5.45. The summed E-state index contributed by atoms with van der Waals surface area (Å²) >= 11 is 4.19. The third kappa shape index (κ3) is 4.04. The third-order valence-corrected chi connectivity index (χ3v) is 3.43. The predicted octanol–water partition coefficient (Wildman–Crippen LogP) is 3.74. The topological polar surface area (TPSA) is 12.0 Å². The summed E-state index contributed by atoms with van der Waals surface area (Å²) in [5.74, 6) is 0.726. The fraction of sp³-hybridized carbons (Fsp3) is 0.600. The molecule has 0 aliphatic rings. The van der Waals surface area contributed by atoms with Crippen LogP contribution in [0.1, 0.15) is 45.7 Å². The van der Waals surface area contributed by atoms with Crippen molar-refractivity contribution >= 4 is 12.6 Å². The maximum Gasteiger partial charge on any atom is 0.0387 e. The van der Waals surface area contributed by atoms with Gasteiger partial charge in [0.05, 0.1) is 0 Å². The van der Waals surface area contributed by atoms with Gasteiger partial charge in [0.1, 0.15) is 0 Å². The molecule has 2 heteroatoms. The number of hydrogen-bond donors (Lipinski definition) is 2. The first-order valence-electron chi connectivity index (χ1n) is 6.20. The van der Waals surface area contributed by atoms with E-state index in [9.17, 15) is 0 Å². The molecule has 0 saturated heterocycles. The van der Waals surface area contributed by atoms with Crippen LogP contribution in [0.3, 0.4) is 0 Å². The van der Waals surface area contributed by atoms with E-state index in [4.69, 9.17) is 0 Å². The van der Waals surface area contributed by atoms with Crippen LogP contribution in [0.15, 0.2) is 24.3 Å². The average Bonchev–Trinajstić information content (AvgIpc) is 2.25. The highest BCUT2D eigenvalue weighted by atomic mass is 32.1. The molecule has 1 nitrogen and oxygen atoms in total. The van der Waals surface area contributed by atoms with Crippen LogP contribution in [0.5, 0.6) is 0 Å². The summed E-state index contributed by atoms with van der Waals surface area (Å²) in [6.07, 6.45) is 0. The number of hydrogen-bond acceptors (Lipinski definition) is 2. The van der Waals surface area contributed by atoms with Gasteiger partial charge in [-0.05, 0) is 16.5 Å². The third-order valence-electron chi connectivity index (χ3n) is 3.21. The fourth-order valence-electron chi connectivity index (χ4n) is 1.89. The summed E-state index contributed by atoms with van der Waals surface area (Å²) in [6.45, 7) is 12.2. The molecule has 0 aliphatic heterocycles. The summed E-state index contributed by atoms with van der Waals surface area (Å²) < 4.78 is 0. The van der Waals surface area contributed by atoms with E-state index in [2.05, 4.69) is 76.8 Å². The van der Waals surface area contributed by atoms with Crippen LogP contribution >= 0.6 is 12.6 Å². The molecule has 1 N–H and O–H groups in total. The van der Waals surface area contributed by atoms with E-state index in [0.29, 0.717) is 0 Å². The van der Waals surface area contributed by atoms with E-state index in [1.165, 1.54) is 11.1 Å². The zero-order chi connectivity index (χ0) is 13.1. The van der Waals surface area contributed by atoms with Crippen molar-refractivity contribution in [2.24, 2.45) is 0 Å². The smallest absolute Gasteiger partial charge is 0.0387 e. The minimum Gasteiger partial charge on any atom is -0.307 e. The molecular weight excluding hydrogens is 226 g/mol. The van der Waals surface area contributed by atoms with Gasteiger partial charge >= 0.3 is 0 Å². The minimum atomic E-state index is 0.152. The fourth-order valence-corrected chi connectivity index (χ4v) is 2.00. The molecule has 0 saturated carbocycles. The molecule has 0 amide bonds. The van der Waals surface area contributed by atoms with Crippen molar-refractivity contribution in [1.29, 1.82) is 0 Å². The Morgan fingerprint density at radius 2 is 1.41 bits per heavy atom. The summed E-state index contributed by atoms with van der Waals surface area (Å²) in [5, 5.41) is 3.30. The van der Waals surface area contributed by atoms with E-state index < -0.39 is 0 Å². The van der Waals surface area contributed by atoms with Gasteiger partial charge in [-0.3, -0.25) is 0 Å². The molecule has 0 bridgehead atoms. The van der Waals surface area contributed by atoms with Crippen molar-refractivity contribution in [3.63, 3.8) is 0 Å². The molecule has 0 atom stereocenters. The largest absolute Gasteiger partial charge is 0.307 e. The molecule has 1 rings (SSSR count). The molecule has 0 fully saturated rings. The number of benzene rings is 1. The molecular formula is C15H25NS. The molecule has 0 aliphatic carbocycles. The van der Waals surface area contributed by atoms with Crippen LogP contribution in [0.2, 0.25) is 0 Å². The Balaban J connectivity index is 2.87. The quantitative estimate of drug-likeness (QED) is 0.613. The van der Waals surface area contributed by atoms with Crippen molar-refractivity contribution in [3.8, 4) is 0 Å². The summed E-state index contributed by atoms with van der Waals surface area (Å²) in [5.41, 5.74) is 3.14. The molecule has 96 valence electrons. The number of thiol groups is 1. The maximum atomic E-state index is 4.19. The van der Waals surface area contributed by atoms with E-state index >= 15 is 0 Å². The Hall–Kier alpha value is -0.470. The van der Waals surface area contributed by atoms with Crippen LogP contribution in [0, 0.1) is 0 Å². The molecule has 1 aromatic carbocycles. The number of nitrogens with one attached hydrogen (secondary N) is 1. The Bertz CT molecular complexity index is 346. The standard InChI is InChI=1S/C15H25NS/c1-14(2,3)12-6-8-13(9-7-12)15(4,5)10-16-11-17/h6-9,16-17H,10-11H2,1-5H3. The molecule has 0 heterocycles. The summed E-state index contributed by atoms with van der Waals surface area (Å²) in [7, 11) is 0. The zero-order valence-corrected chi connectivity index (χ0v) is 12.6. The second-order valence-corrected chi connectivity index (χ2v) is 6.61. The van der Waals surface area contributed by atoms with E-state index in [1.54, 1.807) is 0 Å². The van der Waals surface area contributed by atoms with Crippen molar-refractivity contribution in [1.82, 2.24) is 5.32 Å².